The molecular weight excluding hydrogens is 340 g/mol. The van der Waals surface area contributed by atoms with Crippen LogP contribution in [-0.2, 0) is 9.53 Å². The molecule has 1 N–H and O–H groups in total. The zero-order valence-corrected chi connectivity index (χ0v) is 16.5. The van der Waals surface area contributed by atoms with E-state index in [1.807, 2.05) is 31.2 Å². The Hall–Kier alpha value is -2.43. The number of benzene rings is 1. The van der Waals surface area contributed by atoms with Crippen LogP contribution in [0.3, 0.4) is 0 Å². The van der Waals surface area contributed by atoms with E-state index in [1.165, 1.54) is 6.42 Å². The van der Waals surface area contributed by atoms with Crippen molar-refractivity contribution in [3.8, 4) is 0 Å². The second-order valence-corrected chi connectivity index (χ2v) is 7.76. The predicted octanol–water partition coefficient (Wildman–Crippen LogP) is 4.03. The van der Waals surface area contributed by atoms with Gasteiger partial charge in [-0.3, -0.25) is 9.78 Å². The van der Waals surface area contributed by atoms with Crippen molar-refractivity contribution in [1.82, 2.24) is 10.3 Å². The molecule has 144 valence electrons. The van der Waals surface area contributed by atoms with Crippen molar-refractivity contribution in [2.24, 2.45) is 11.8 Å². The minimum atomic E-state index is -0.839. The van der Waals surface area contributed by atoms with Crippen LogP contribution in [0.25, 0.3) is 10.9 Å². The Bertz CT molecular complexity index is 849. The first-order chi connectivity index (χ1) is 12.9. The lowest BCUT2D eigenvalue weighted by atomic mass is 9.78. The number of esters is 1. The molecule has 5 nitrogen and oxygen atoms in total. The van der Waals surface area contributed by atoms with Crippen LogP contribution in [-0.4, -0.2) is 29.0 Å². The van der Waals surface area contributed by atoms with Crippen LogP contribution in [0.15, 0.2) is 30.3 Å². The van der Waals surface area contributed by atoms with Crippen molar-refractivity contribution in [2.75, 3.05) is 0 Å². The van der Waals surface area contributed by atoms with Crippen LogP contribution < -0.4 is 5.32 Å². The highest BCUT2D eigenvalue weighted by molar-refractivity contribution is 6.04. The lowest BCUT2D eigenvalue weighted by molar-refractivity contribution is -0.130. The van der Waals surface area contributed by atoms with Crippen molar-refractivity contribution < 1.29 is 14.3 Å². The van der Waals surface area contributed by atoms with E-state index >= 15 is 0 Å². The molecule has 1 aliphatic carbocycles. The van der Waals surface area contributed by atoms with E-state index in [2.05, 4.69) is 24.1 Å². The highest BCUT2D eigenvalue weighted by atomic mass is 16.5. The fourth-order valence-corrected chi connectivity index (χ4v) is 3.84. The molecule has 1 aliphatic rings. The van der Waals surface area contributed by atoms with Crippen molar-refractivity contribution in [3.63, 3.8) is 0 Å². The van der Waals surface area contributed by atoms with E-state index < -0.39 is 12.1 Å². The normalized spacial score (nSPS) is 23.6. The summed E-state index contributed by atoms with van der Waals surface area (Å²) in [6.45, 7) is 7.87. The third-order valence-corrected chi connectivity index (χ3v) is 5.75. The number of hydrogen-bond acceptors (Lipinski definition) is 4. The maximum Gasteiger partial charge on any atom is 0.339 e. The highest BCUT2D eigenvalue weighted by Gasteiger charge is 2.30. The Kier molecular flexibility index (Phi) is 5.78. The van der Waals surface area contributed by atoms with Crippen LogP contribution in [0, 0.1) is 18.8 Å². The Morgan fingerprint density at radius 2 is 1.96 bits per heavy atom. The van der Waals surface area contributed by atoms with Crippen molar-refractivity contribution in [1.29, 1.82) is 0 Å². The van der Waals surface area contributed by atoms with Gasteiger partial charge in [-0.1, -0.05) is 44.9 Å². The number of rotatable bonds is 4. The van der Waals surface area contributed by atoms with Gasteiger partial charge < -0.3 is 10.1 Å². The molecule has 5 heteroatoms. The zero-order valence-electron chi connectivity index (χ0n) is 16.5. The van der Waals surface area contributed by atoms with E-state index in [1.54, 1.807) is 13.0 Å². The number of pyridine rings is 1. The molecule has 1 saturated carbocycles. The van der Waals surface area contributed by atoms with Crippen LogP contribution >= 0.6 is 0 Å². The SMILES string of the molecule is Cc1cc(C(=O)O[C@H](C)C(=O)N[C@@H]2CCC[C@H](C)[C@@H]2C)c2ccccc2n1. The highest BCUT2D eigenvalue weighted by Crippen LogP contribution is 2.29. The third kappa shape index (κ3) is 4.29. The second-order valence-electron chi connectivity index (χ2n) is 7.76. The average Bonchev–Trinajstić information content (AvgIpc) is 2.64. The summed E-state index contributed by atoms with van der Waals surface area (Å²) in [5.41, 5.74) is 1.92. The molecule has 2 aromatic rings. The summed E-state index contributed by atoms with van der Waals surface area (Å²) in [5, 5.41) is 3.81. The Morgan fingerprint density at radius 3 is 2.74 bits per heavy atom. The monoisotopic (exact) mass is 368 g/mol. The van der Waals surface area contributed by atoms with Gasteiger partial charge >= 0.3 is 5.97 Å². The molecule has 4 atom stereocenters. The maximum absolute atomic E-state index is 12.7. The van der Waals surface area contributed by atoms with Crippen molar-refractivity contribution >= 4 is 22.8 Å². The molecule has 0 saturated heterocycles. The van der Waals surface area contributed by atoms with Gasteiger partial charge in [0, 0.05) is 17.1 Å². The summed E-state index contributed by atoms with van der Waals surface area (Å²) >= 11 is 0. The number of amides is 1. The molecule has 0 aliphatic heterocycles. The maximum atomic E-state index is 12.7. The van der Waals surface area contributed by atoms with Gasteiger partial charge in [-0.05, 0) is 44.2 Å². The van der Waals surface area contributed by atoms with Crippen molar-refractivity contribution in [2.45, 2.75) is 59.1 Å². The number of aryl methyl sites for hydroxylation is 1. The number of hydrogen-bond donors (Lipinski definition) is 1. The van der Waals surface area contributed by atoms with Gasteiger partial charge in [0.2, 0.25) is 0 Å². The fourth-order valence-electron chi connectivity index (χ4n) is 3.84. The molecule has 0 spiro atoms. The van der Waals surface area contributed by atoms with Gasteiger partial charge in [-0.25, -0.2) is 4.79 Å². The number of aromatic nitrogens is 1. The second kappa shape index (κ2) is 8.07. The number of carbonyl (C=O) groups is 2. The van der Waals surface area contributed by atoms with E-state index in [-0.39, 0.29) is 11.9 Å². The lowest BCUT2D eigenvalue weighted by Crippen LogP contribution is -2.47. The summed E-state index contributed by atoms with van der Waals surface area (Å²) in [6, 6.07) is 9.30. The number of fused-ring (bicyclic) bond motifs is 1. The molecule has 0 unspecified atom stereocenters. The number of para-hydroxylation sites is 1. The summed E-state index contributed by atoms with van der Waals surface area (Å²) in [6.07, 6.45) is 2.46. The van der Waals surface area contributed by atoms with Crippen LogP contribution in [0.2, 0.25) is 0 Å². The Morgan fingerprint density at radius 1 is 1.22 bits per heavy atom. The van der Waals surface area contributed by atoms with Crippen molar-refractivity contribution in [3.05, 3.63) is 41.6 Å². The standard InChI is InChI=1S/C22H28N2O3/c1-13-8-7-11-19(15(13)3)24-21(25)16(4)27-22(26)18-12-14(2)23-20-10-6-5-9-17(18)20/h5-6,9-10,12-13,15-16,19H,7-8,11H2,1-4H3,(H,24,25)/t13-,15-,16+,19+/m0/s1. The molecular formula is C22H28N2O3. The largest absolute Gasteiger partial charge is 0.449 e. The molecule has 27 heavy (non-hydrogen) atoms. The minimum absolute atomic E-state index is 0.145. The minimum Gasteiger partial charge on any atom is -0.449 e. The number of nitrogens with one attached hydrogen (secondary N) is 1. The third-order valence-electron chi connectivity index (χ3n) is 5.75. The topological polar surface area (TPSA) is 68.3 Å². The van der Waals surface area contributed by atoms with Gasteiger partial charge in [0.05, 0.1) is 11.1 Å². The predicted molar refractivity (Wildman–Crippen MR) is 105 cm³/mol. The summed E-state index contributed by atoms with van der Waals surface area (Å²) in [5.74, 6) is 0.291. The van der Waals surface area contributed by atoms with E-state index in [9.17, 15) is 9.59 Å². The van der Waals surface area contributed by atoms with Gasteiger partial charge in [0.1, 0.15) is 0 Å². The molecule has 1 aromatic carbocycles. The first kappa shape index (κ1) is 19.3. The molecule has 1 amide bonds. The van der Waals surface area contributed by atoms with Gasteiger partial charge in [0.15, 0.2) is 6.10 Å². The average molecular weight is 368 g/mol. The van der Waals surface area contributed by atoms with Crippen LogP contribution in [0.4, 0.5) is 0 Å². The van der Waals surface area contributed by atoms with E-state index in [0.29, 0.717) is 17.4 Å². The van der Waals surface area contributed by atoms with Crippen LogP contribution in [0.5, 0.6) is 0 Å². The van der Waals surface area contributed by atoms with Gasteiger partial charge in [-0.2, -0.15) is 0 Å². The summed E-state index contributed by atoms with van der Waals surface area (Å²) in [7, 11) is 0. The van der Waals surface area contributed by atoms with Crippen LogP contribution in [0.1, 0.15) is 56.1 Å². The van der Waals surface area contributed by atoms with E-state index in [4.69, 9.17) is 4.74 Å². The quantitative estimate of drug-likeness (QED) is 0.828. The number of ether oxygens (including phenoxy) is 1. The first-order valence-corrected chi connectivity index (χ1v) is 9.74. The Labute approximate surface area is 160 Å². The Balaban J connectivity index is 1.70. The first-order valence-electron chi connectivity index (χ1n) is 9.74. The van der Waals surface area contributed by atoms with Gasteiger partial charge in [0.25, 0.3) is 5.91 Å². The molecule has 0 bridgehead atoms. The molecule has 0 radical (unpaired) electrons. The van der Waals surface area contributed by atoms with E-state index in [0.717, 1.165) is 29.4 Å². The number of nitrogens with zero attached hydrogens (tertiary/aromatic N) is 1. The van der Waals surface area contributed by atoms with Gasteiger partial charge in [-0.15, -0.1) is 0 Å². The summed E-state index contributed by atoms with van der Waals surface area (Å²) in [4.78, 5) is 29.7. The molecule has 3 rings (SSSR count). The molecule has 1 aromatic heterocycles. The molecule has 1 fully saturated rings. The number of carbonyl (C=O) groups excluding carboxylic acids is 2. The fraction of sp³-hybridized carbons (Fsp3) is 0.500. The zero-order chi connectivity index (χ0) is 19.6. The molecule has 1 heterocycles. The smallest absolute Gasteiger partial charge is 0.339 e. The summed E-state index contributed by atoms with van der Waals surface area (Å²) < 4.78 is 5.49. The lowest BCUT2D eigenvalue weighted by Gasteiger charge is -2.35.